The van der Waals surface area contributed by atoms with E-state index in [4.69, 9.17) is 19.9 Å². The highest BCUT2D eigenvalue weighted by molar-refractivity contribution is 7.59. The van der Waals surface area contributed by atoms with Crippen LogP contribution in [0.1, 0.15) is 125 Å². The number of esters is 2. The maximum Gasteiger partial charge on any atom is 0.326 e. The van der Waals surface area contributed by atoms with E-state index in [9.17, 15) is 14.2 Å². The molecule has 6 rings (SSSR count). The summed E-state index contributed by atoms with van der Waals surface area (Å²) in [5.41, 5.74) is 5.79. The molecule has 0 aliphatic heterocycles. The van der Waals surface area contributed by atoms with E-state index >= 15 is 0 Å². The molecule has 49 heavy (non-hydrogen) atoms. The van der Waals surface area contributed by atoms with Crippen LogP contribution in [0.5, 0.6) is 0 Å². The number of ether oxygens (including phenoxy) is 3. The molecule has 4 N–H and O–H groups in total. The minimum atomic E-state index is -3.79. The Morgan fingerprint density at radius 3 is 1.88 bits per heavy atom. The molecule has 1 atom stereocenters. The molecule has 4 aliphatic carbocycles. The summed E-state index contributed by atoms with van der Waals surface area (Å²) in [6.45, 7) is 8.89. The number of carbonyl (C=O) groups is 2. The van der Waals surface area contributed by atoms with Crippen LogP contribution in [0.25, 0.3) is 11.2 Å². The number of nitrogens with one attached hydrogen (secondary N) is 2. The number of carbonyl (C=O) groups excluding carboxylic acids is 2. The molecule has 4 fully saturated rings. The van der Waals surface area contributed by atoms with Gasteiger partial charge in [0.25, 0.3) is 0 Å². The number of nitrogens with zero attached hydrogens (tertiary/aromatic N) is 3. The van der Waals surface area contributed by atoms with Crippen molar-refractivity contribution in [1.29, 1.82) is 0 Å². The van der Waals surface area contributed by atoms with Crippen molar-refractivity contribution >= 4 is 36.2 Å². The molecule has 2 spiro atoms. The monoisotopic (exact) mass is 700 g/mol. The van der Waals surface area contributed by atoms with Crippen LogP contribution in [0, 0.1) is 10.8 Å². The normalized spacial score (nSPS) is 24.1. The van der Waals surface area contributed by atoms with Crippen molar-refractivity contribution in [2.75, 3.05) is 12.1 Å². The first kappa shape index (κ1) is 36.3. The molecule has 0 unspecified atom stereocenters. The molecule has 272 valence electrons. The van der Waals surface area contributed by atoms with Crippen LogP contribution in [-0.2, 0) is 34.9 Å². The number of nitrogen functional groups attached to an aromatic ring is 1. The zero-order chi connectivity index (χ0) is 35.1. The maximum atomic E-state index is 14.8. The van der Waals surface area contributed by atoms with Gasteiger partial charge in [-0.15, -0.1) is 0 Å². The third-order valence-corrected chi connectivity index (χ3v) is 13.8. The van der Waals surface area contributed by atoms with Crippen LogP contribution in [0.3, 0.4) is 0 Å². The van der Waals surface area contributed by atoms with Crippen molar-refractivity contribution in [3.05, 3.63) is 18.6 Å². The zero-order valence-corrected chi connectivity index (χ0v) is 31.0. The van der Waals surface area contributed by atoms with Crippen LogP contribution >= 0.6 is 7.44 Å². The standard InChI is InChI=1S/C36H57N6O6P/c1-25(22-42-23-39-29-28(37)12-17-38-30(29)42)46-24-49(45,40-33(2,3)31(43)47-26-18-35(19-26)13-8-6-9-14-35)41-34(4,5)32(44)48-27-20-36(21-27)15-10-7-11-16-36/h12,17,23,25-27H,6-11,13-16,18-22,24H2,1-5H3,(H2,37,38)(H2,40,41,45)/t25-/m1/s1. The van der Waals surface area contributed by atoms with Crippen molar-refractivity contribution < 1.29 is 28.4 Å². The minimum Gasteiger partial charge on any atom is -0.461 e. The fourth-order valence-corrected chi connectivity index (χ4v) is 11.4. The van der Waals surface area contributed by atoms with Gasteiger partial charge >= 0.3 is 11.9 Å². The lowest BCUT2D eigenvalue weighted by molar-refractivity contribution is -0.169. The molecule has 0 aromatic carbocycles. The van der Waals surface area contributed by atoms with Gasteiger partial charge in [-0.25, -0.2) is 20.1 Å². The van der Waals surface area contributed by atoms with E-state index in [-0.39, 0.29) is 18.6 Å². The van der Waals surface area contributed by atoms with Gasteiger partial charge in [-0.3, -0.25) is 14.2 Å². The van der Waals surface area contributed by atoms with Crippen LogP contribution in [0.4, 0.5) is 5.69 Å². The predicted molar refractivity (Wildman–Crippen MR) is 189 cm³/mol. The van der Waals surface area contributed by atoms with E-state index in [0.717, 1.165) is 25.7 Å². The maximum absolute atomic E-state index is 14.8. The smallest absolute Gasteiger partial charge is 0.326 e. The van der Waals surface area contributed by atoms with E-state index in [2.05, 4.69) is 20.1 Å². The van der Waals surface area contributed by atoms with Crippen molar-refractivity contribution in [2.45, 2.75) is 160 Å². The van der Waals surface area contributed by atoms with Crippen LogP contribution in [-0.4, -0.2) is 62.2 Å². The van der Waals surface area contributed by atoms with E-state index in [0.29, 0.717) is 34.2 Å². The molecule has 4 saturated carbocycles. The van der Waals surface area contributed by atoms with Crippen LogP contribution < -0.4 is 15.9 Å². The van der Waals surface area contributed by atoms with Gasteiger partial charge in [0.2, 0.25) is 7.44 Å². The molecule has 0 amide bonds. The average Bonchev–Trinajstić information content (AvgIpc) is 3.42. The zero-order valence-electron chi connectivity index (χ0n) is 30.1. The molecular formula is C36H57N6O6P. The van der Waals surface area contributed by atoms with E-state index in [1.165, 1.54) is 64.2 Å². The molecule has 4 aliphatic rings. The number of anilines is 1. The number of hydrogen-bond acceptors (Lipinski definition) is 9. The lowest BCUT2D eigenvalue weighted by Gasteiger charge is -2.50. The fourth-order valence-electron chi connectivity index (χ4n) is 8.76. The molecule has 12 nitrogen and oxygen atoms in total. The lowest BCUT2D eigenvalue weighted by atomic mass is 9.59. The lowest BCUT2D eigenvalue weighted by Crippen LogP contribution is -2.56. The van der Waals surface area contributed by atoms with Crippen molar-refractivity contribution in [2.24, 2.45) is 10.8 Å². The van der Waals surface area contributed by atoms with Crippen molar-refractivity contribution in [3.8, 4) is 0 Å². The number of nitrogens with two attached hydrogens (primary N) is 1. The van der Waals surface area contributed by atoms with Gasteiger partial charge in [0, 0.05) is 6.20 Å². The second-order valence-corrected chi connectivity index (χ2v) is 19.0. The highest BCUT2D eigenvalue weighted by Gasteiger charge is 2.50. The summed E-state index contributed by atoms with van der Waals surface area (Å²) in [4.78, 5) is 35.9. The third-order valence-electron chi connectivity index (χ3n) is 11.5. The Hall–Kier alpha value is -2.53. The molecule has 0 bridgehead atoms. The Balaban J connectivity index is 1.11. The van der Waals surface area contributed by atoms with Gasteiger partial charge < -0.3 is 24.5 Å². The quantitative estimate of drug-likeness (QED) is 0.152. The van der Waals surface area contributed by atoms with Crippen molar-refractivity contribution in [3.63, 3.8) is 0 Å². The first-order chi connectivity index (χ1) is 23.1. The Morgan fingerprint density at radius 1 is 0.898 bits per heavy atom. The summed E-state index contributed by atoms with van der Waals surface area (Å²) in [6, 6.07) is 1.70. The molecule has 0 saturated heterocycles. The van der Waals surface area contributed by atoms with Crippen LogP contribution in [0.2, 0.25) is 0 Å². The largest absolute Gasteiger partial charge is 0.461 e. The molecule has 2 aromatic rings. The van der Waals surface area contributed by atoms with Crippen LogP contribution in [0.15, 0.2) is 18.6 Å². The second-order valence-electron chi connectivity index (χ2n) is 16.8. The number of fused-ring (bicyclic) bond motifs is 1. The Labute approximate surface area is 290 Å². The summed E-state index contributed by atoms with van der Waals surface area (Å²) in [5.74, 6) is -0.946. The topological polar surface area (TPSA) is 160 Å². The summed E-state index contributed by atoms with van der Waals surface area (Å²) >= 11 is 0. The number of pyridine rings is 1. The van der Waals surface area contributed by atoms with E-state index < -0.39 is 36.6 Å². The molecule has 13 heteroatoms. The number of aromatic nitrogens is 3. The molecule has 2 aromatic heterocycles. The highest BCUT2D eigenvalue weighted by atomic mass is 31.2. The Bertz CT molecular complexity index is 1480. The third kappa shape index (κ3) is 8.18. The number of rotatable bonds is 13. The SMILES string of the molecule is C[C@H](Cn1cnc2c(N)ccnc21)OCP(=O)(NC(C)(C)C(=O)OC1CC2(CCCCC2)C1)NC(C)(C)C(=O)OC1CC2(CCCCC2)C1. The Kier molecular flexibility index (Phi) is 10.3. The first-order valence-electron chi connectivity index (χ1n) is 18.4. The summed E-state index contributed by atoms with van der Waals surface area (Å²) in [7, 11) is -3.79. The van der Waals surface area contributed by atoms with E-state index in [1.54, 1.807) is 46.3 Å². The minimum absolute atomic E-state index is 0.135. The molecular weight excluding hydrogens is 643 g/mol. The van der Waals surface area contributed by atoms with Gasteiger partial charge in [0.15, 0.2) is 5.65 Å². The molecule has 0 radical (unpaired) electrons. The van der Waals surface area contributed by atoms with Gasteiger partial charge in [0.1, 0.15) is 35.2 Å². The summed E-state index contributed by atoms with van der Waals surface area (Å²) in [6.07, 6.45) is 18.1. The summed E-state index contributed by atoms with van der Waals surface area (Å²) in [5, 5.41) is 6.15. The Morgan fingerprint density at radius 2 is 1.39 bits per heavy atom. The average molecular weight is 701 g/mol. The predicted octanol–water partition coefficient (Wildman–Crippen LogP) is 6.62. The van der Waals surface area contributed by atoms with Gasteiger partial charge in [0.05, 0.1) is 24.7 Å². The van der Waals surface area contributed by atoms with Gasteiger partial charge in [-0.2, -0.15) is 0 Å². The first-order valence-corrected chi connectivity index (χ1v) is 20.3. The highest BCUT2D eigenvalue weighted by Crippen LogP contribution is 2.54. The second kappa shape index (κ2) is 13.9. The van der Waals surface area contributed by atoms with E-state index in [1.807, 2.05) is 11.5 Å². The molecule has 2 heterocycles. The number of hydrogen-bond donors (Lipinski definition) is 3. The number of imidazole rings is 1. The van der Waals surface area contributed by atoms with Gasteiger partial charge in [-0.05, 0) is 103 Å². The fraction of sp³-hybridized carbons (Fsp3) is 0.778. The van der Waals surface area contributed by atoms with Gasteiger partial charge in [-0.1, -0.05) is 38.5 Å². The van der Waals surface area contributed by atoms with Crippen molar-refractivity contribution in [1.82, 2.24) is 24.7 Å². The summed E-state index contributed by atoms with van der Waals surface area (Å²) < 4.78 is 34.8.